The molecule has 0 spiro atoms. The number of para-hydroxylation sites is 1. The summed E-state index contributed by atoms with van der Waals surface area (Å²) in [6.07, 6.45) is 1.59. The van der Waals surface area contributed by atoms with Gasteiger partial charge in [0.05, 0.1) is 13.0 Å². The normalized spacial score (nSPS) is 25.0. The van der Waals surface area contributed by atoms with Crippen molar-refractivity contribution in [3.8, 4) is 0 Å². The average Bonchev–Trinajstić information content (AvgIpc) is 3.81. The van der Waals surface area contributed by atoms with Gasteiger partial charge in [0.25, 0.3) is 0 Å². The Labute approximate surface area is 338 Å². The highest BCUT2D eigenvalue weighted by molar-refractivity contribution is 8.77. The second kappa shape index (κ2) is 21.1. The van der Waals surface area contributed by atoms with Crippen LogP contribution in [0.1, 0.15) is 70.9 Å². The number of hydrogen-bond acceptors (Lipinski definition) is 11. The van der Waals surface area contributed by atoms with Gasteiger partial charge in [-0.25, -0.2) is 0 Å². The fraction of sp³-hybridized carbons (Fsp3) is 0.568. The third-order valence-electron chi connectivity index (χ3n) is 9.69. The number of nitrogens with one attached hydrogen (secondary N) is 6. The topological polar surface area (TPSA) is 288 Å². The highest BCUT2D eigenvalue weighted by Crippen LogP contribution is 2.39. The van der Waals surface area contributed by atoms with Crippen LogP contribution in [-0.4, -0.2) is 123 Å². The predicted molar refractivity (Wildman–Crippen MR) is 215 cm³/mol. The standard InChI is InChI=1S/C37H53N9O9S2/c1-37(2)31(32(39)51)45-35(54)27-12-7-15-46(27)36(55)26(18-22-17-21-9-3-4-10-23(21)41-22)44-34(53)25(19-30(49)50)43-29(48)20-40-33(52)24(11-5-6-14-38)42-28(47)13-8-16-56-57-37/h3-4,9-10,17,24-27,31,41H,5-8,11-16,18-20,38H2,1-2H3,(H2,39,51)(H,40,52)(H,42,47)(H,43,48)(H,44,53)(H,45,54)(H,49,50)/t24-,25-,26-,27?,31+/m0/s1. The van der Waals surface area contributed by atoms with E-state index in [-0.39, 0.29) is 32.2 Å². The van der Waals surface area contributed by atoms with Crippen molar-refractivity contribution in [1.82, 2.24) is 36.5 Å². The zero-order valence-electron chi connectivity index (χ0n) is 32.1. The molecule has 11 N–H and O–H groups in total. The number of carboxylic acid groups (broad SMARTS) is 1. The Bertz CT molecular complexity index is 1770. The van der Waals surface area contributed by atoms with E-state index in [9.17, 15) is 43.5 Å². The van der Waals surface area contributed by atoms with E-state index in [0.29, 0.717) is 43.7 Å². The van der Waals surface area contributed by atoms with E-state index < -0.39 is 95.2 Å². The van der Waals surface area contributed by atoms with E-state index in [1.165, 1.54) is 26.5 Å². The van der Waals surface area contributed by atoms with E-state index in [0.717, 1.165) is 10.9 Å². The molecule has 18 nitrogen and oxygen atoms in total. The number of H-pyrrole nitrogens is 1. The van der Waals surface area contributed by atoms with Crippen molar-refractivity contribution in [3.63, 3.8) is 0 Å². The first-order valence-electron chi connectivity index (χ1n) is 19.0. The fourth-order valence-corrected chi connectivity index (χ4v) is 9.47. The number of aliphatic carboxylic acids is 1. The number of carbonyl (C=O) groups is 8. The molecule has 2 saturated heterocycles. The first-order chi connectivity index (χ1) is 27.1. The molecule has 5 atom stereocenters. The van der Waals surface area contributed by atoms with Crippen LogP contribution in [-0.2, 0) is 44.8 Å². The van der Waals surface area contributed by atoms with Crippen molar-refractivity contribution in [2.24, 2.45) is 11.5 Å². The minimum absolute atomic E-state index is 0.0733. The van der Waals surface area contributed by atoms with Gasteiger partial charge in [0.1, 0.15) is 30.2 Å². The number of primary amides is 1. The lowest BCUT2D eigenvalue weighted by atomic mass is 10.0. The Balaban J connectivity index is 1.66. The fourth-order valence-electron chi connectivity index (χ4n) is 6.75. The smallest absolute Gasteiger partial charge is 0.305 e. The number of aromatic nitrogens is 1. The van der Waals surface area contributed by atoms with Crippen molar-refractivity contribution in [3.05, 3.63) is 36.0 Å². The molecule has 2 fully saturated rings. The van der Waals surface area contributed by atoms with E-state index in [1.54, 1.807) is 19.9 Å². The molecule has 7 amide bonds. The number of hydrogen-bond donors (Lipinski definition) is 9. The van der Waals surface area contributed by atoms with Gasteiger partial charge in [-0.2, -0.15) is 0 Å². The summed E-state index contributed by atoms with van der Waals surface area (Å²) in [6, 6.07) is 3.01. The highest BCUT2D eigenvalue weighted by atomic mass is 33.1. The molecular formula is C37H53N9O9S2. The zero-order valence-corrected chi connectivity index (χ0v) is 33.7. The minimum Gasteiger partial charge on any atom is -0.481 e. The Kier molecular flexibility index (Phi) is 16.6. The van der Waals surface area contributed by atoms with Crippen molar-refractivity contribution in [2.75, 3.05) is 25.4 Å². The van der Waals surface area contributed by atoms with Gasteiger partial charge in [-0.15, -0.1) is 0 Å². The van der Waals surface area contributed by atoms with Crippen molar-refractivity contribution in [2.45, 2.75) is 107 Å². The molecule has 4 rings (SSSR count). The molecule has 0 saturated carbocycles. The Hall–Kier alpha value is -4.82. The number of fused-ring (bicyclic) bond motifs is 2. The maximum Gasteiger partial charge on any atom is 0.305 e. The summed E-state index contributed by atoms with van der Waals surface area (Å²) in [5.41, 5.74) is 12.7. The third-order valence-corrected chi connectivity index (χ3v) is 13.1. The molecule has 1 unspecified atom stereocenters. The molecular weight excluding hydrogens is 779 g/mol. The summed E-state index contributed by atoms with van der Waals surface area (Å²) in [5, 5.41) is 23.4. The molecule has 0 bridgehead atoms. The molecule has 2 aromatic rings. The van der Waals surface area contributed by atoms with Crippen LogP contribution in [0.15, 0.2) is 30.3 Å². The number of aromatic amines is 1. The van der Waals surface area contributed by atoms with E-state index in [2.05, 4.69) is 31.6 Å². The van der Waals surface area contributed by atoms with E-state index in [1.807, 2.05) is 24.3 Å². The van der Waals surface area contributed by atoms with Crippen LogP contribution in [0, 0.1) is 0 Å². The molecule has 1 aromatic carbocycles. The van der Waals surface area contributed by atoms with Crippen LogP contribution in [0.3, 0.4) is 0 Å². The first-order valence-corrected chi connectivity index (χ1v) is 21.3. The van der Waals surface area contributed by atoms with Crippen LogP contribution in [0.4, 0.5) is 0 Å². The largest absolute Gasteiger partial charge is 0.481 e. The lowest BCUT2D eigenvalue weighted by Gasteiger charge is -2.34. The maximum absolute atomic E-state index is 14.4. The van der Waals surface area contributed by atoms with E-state index >= 15 is 0 Å². The zero-order chi connectivity index (χ0) is 41.7. The number of carbonyl (C=O) groups excluding carboxylic acids is 7. The van der Waals surface area contributed by atoms with Crippen LogP contribution in [0.5, 0.6) is 0 Å². The number of amides is 7. The number of benzene rings is 1. The predicted octanol–water partition coefficient (Wildman–Crippen LogP) is -0.200. The summed E-state index contributed by atoms with van der Waals surface area (Å²) < 4.78 is -0.919. The molecule has 20 heteroatoms. The summed E-state index contributed by atoms with van der Waals surface area (Å²) in [4.78, 5) is 110. The molecule has 0 radical (unpaired) electrons. The van der Waals surface area contributed by atoms with Gasteiger partial charge in [-0.3, -0.25) is 38.4 Å². The highest BCUT2D eigenvalue weighted by Gasteiger charge is 2.42. The summed E-state index contributed by atoms with van der Waals surface area (Å²) in [7, 11) is 2.69. The molecule has 2 aliphatic heterocycles. The van der Waals surface area contributed by atoms with Crippen LogP contribution in [0.25, 0.3) is 10.9 Å². The Morgan fingerprint density at radius 2 is 1.65 bits per heavy atom. The molecule has 1 aromatic heterocycles. The van der Waals surface area contributed by atoms with Crippen LogP contribution >= 0.6 is 21.6 Å². The summed E-state index contributed by atoms with van der Waals surface area (Å²) in [6.45, 7) is 3.38. The molecule has 57 heavy (non-hydrogen) atoms. The molecule has 0 aliphatic carbocycles. The molecule has 3 heterocycles. The number of nitrogens with zero attached hydrogens (tertiary/aromatic N) is 1. The van der Waals surface area contributed by atoms with E-state index in [4.69, 9.17) is 11.5 Å². The SMILES string of the molecule is CC1(C)SSCCCC(=O)N[C@@H](CCCCN)C(=O)NCC(=O)N[C@@H](CC(=O)O)C(=O)N[C@@H](Cc2cc3ccccc3[nH]2)C(=O)N2CCCC2C(=O)N[C@@H]1C(N)=O. The first kappa shape index (κ1) is 44.9. The second-order valence-electron chi connectivity index (χ2n) is 14.6. The Morgan fingerprint density at radius 1 is 0.912 bits per heavy atom. The summed E-state index contributed by atoms with van der Waals surface area (Å²) in [5.74, 6) is -5.89. The Morgan fingerprint density at radius 3 is 2.35 bits per heavy atom. The third kappa shape index (κ3) is 13.1. The van der Waals surface area contributed by atoms with Gasteiger partial charge in [0.2, 0.25) is 41.4 Å². The monoisotopic (exact) mass is 831 g/mol. The van der Waals surface area contributed by atoms with Crippen LogP contribution < -0.4 is 38.1 Å². The lowest BCUT2D eigenvalue weighted by molar-refractivity contribution is -0.143. The number of carboxylic acids is 1. The van der Waals surface area contributed by atoms with Crippen LogP contribution in [0.2, 0.25) is 0 Å². The van der Waals surface area contributed by atoms with Gasteiger partial charge in [-0.05, 0) is 76.4 Å². The van der Waals surface area contributed by atoms with Crippen molar-refractivity contribution >= 4 is 79.8 Å². The average molecular weight is 832 g/mol. The van der Waals surface area contributed by atoms with Gasteiger partial charge in [0, 0.05) is 41.1 Å². The van der Waals surface area contributed by atoms with Crippen molar-refractivity contribution in [1.29, 1.82) is 0 Å². The number of rotatable bonds is 9. The van der Waals surface area contributed by atoms with Gasteiger partial charge < -0.3 is 53.0 Å². The quantitative estimate of drug-likeness (QED) is 0.117. The maximum atomic E-state index is 14.4. The molecule has 2 aliphatic rings. The number of unbranched alkanes of at least 4 members (excludes halogenated alkanes) is 1. The number of nitrogens with two attached hydrogens (primary N) is 2. The lowest BCUT2D eigenvalue weighted by Crippen LogP contribution is -2.61. The minimum atomic E-state index is -1.66. The van der Waals surface area contributed by atoms with Gasteiger partial charge >= 0.3 is 5.97 Å². The van der Waals surface area contributed by atoms with Crippen molar-refractivity contribution < 1.29 is 43.5 Å². The molecule has 312 valence electrons. The van der Waals surface area contributed by atoms with Gasteiger partial charge in [-0.1, -0.05) is 39.8 Å². The van der Waals surface area contributed by atoms with Gasteiger partial charge in [0.15, 0.2) is 0 Å². The second-order valence-corrected chi connectivity index (χ2v) is 17.7. The summed E-state index contributed by atoms with van der Waals surface area (Å²) >= 11 is 0.